The van der Waals surface area contributed by atoms with E-state index >= 15 is 0 Å². The highest BCUT2D eigenvalue weighted by molar-refractivity contribution is 7.21. The molecular formula is C24H26N2OS. The quantitative estimate of drug-likeness (QED) is 0.507. The molecule has 0 saturated carbocycles. The summed E-state index contributed by atoms with van der Waals surface area (Å²) in [5, 5.41) is 11.7. The Hall–Kier alpha value is -2.59. The first-order valence-electron chi connectivity index (χ1n) is 9.57. The van der Waals surface area contributed by atoms with Crippen LogP contribution < -0.4 is 4.90 Å². The van der Waals surface area contributed by atoms with Gasteiger partial charge in [-0.25, -0.2) is 4.98 Å². The van der Waals surface area contributed by atoms with Crippen molar-refractivity contribution in [1.82, 2.24) is 4.98 Å². The van der Waals surface area contributed by atoms with E-state index in [0.717, 1.165) is 26.5 Å². The number of anilines is 1. The molecular weight excluding hydrogens is 364 g/mol. The largest absolute Gasteiger partial charge is 0.507 e. The normalized spacial score (nSPS) is 17.0. The van der Waals surface area contributed by atoms with Gasteiger partial charge in [-0.05, 0) is 63.1 Å². The van der Waals surface area contributed by atoms with Crippen LogP contribution in [0.25, 0.3) is 20.8 Å². The molecule has 2 aromatic carbocycles. The van der Waals surface area contributed by atoms with Crippen LogP contribution in [-0.2, 0) is 0 Å². The van der Waals surface area contributed by atoms with Gasteiger partial charge in [-0.2, -0.15) is 0 Å². The third-order valence-electron chi connectivity index (χ3n) is 6.40. The average molecular weight is 391 g/mol. The number of benzene rings is 2. The van der Waals surface area contributed by atoms with Crippen LogP contribution in [0.5, 0.6) is 5.75 Å². The molecule has 1 aliphatic heterocycles. The van der Waals surface area contributed by atoms with E-state index in [2.05, 4.69) is 63.6 Å². The second kappa shape index (κ2) is 6.49. The van der Waals surface area contributed by atoms with Gasteiger partial charge in [-0.3, -0.25) is 0 Å². The molecule has 3 aromatic rings. The smallest absolute Gasteiger partial charge is 0.128 e. The standard InChI is InChI=1S/C24H26N2OS/c1-14-16(3)26(17(4)15(2)24(14,5)6)18-11-12-19(21(27)13-18)23-25-20-9-7-8-10-22(20)28-23/h7-13,27H,1-6H3. The summed E-state index contributed by atoms with van der Waals surface area (Å²) < 4.78 is 1.13. The lowest BCUT2D eigenvalue weighted by molar-refractivity contribution is 0.477. The van der Waals surface area contributed by atoms with Crippen molar-refractivity contribution < 1.29 is 5.11 Å². The molecule has 0 atom stereocenters. The molecule has 1 aliphatic rings. The number of thiazole rings is 1. The molecule has 0 fully saturated rings. The number of aromatic nitrogens is 1. The molecule has 0 amide bonds. The highest BCUT2D eigenvalue weighted by atomic mass is 32.1. The molecule has 0 spiro atoms. The van der Waals surface area contributed by atoms with Crippen LogP contribution in [0.15, 0.2) is 65.0 Å². The maximum atomic E-state index is 10.8. The van der Waals surface area contributed by atoms with E-state index < -0.39 is 0 Å². The van der Waals surface area contributed by atoms with Crippen LogP contribution >= 0.6 is 11.3 Å². The summed E-state index contributed by atoms with van der Waals surface area (Å²) in [4.78, 5) is 6.93. The van der Waals surface area contributed by atoms with Gasteiger partial charge in [0.25, 0.3) is 0 Å². The Bertz CT molecular complexity index is 1090. The number of allylic oxidation sites excluding steroid dienone is 4. The first-order valence-corrected chi connectivity index (χ1v) is 10.4. The number of para-hydroxylation sites is 1. The van der Waals surface area contributed by atoms with Gasteiger partial charge in [-0.15, -0.1) is 11.3 Å². The van der Waals surface area contributed by atoms with Gasteiger partial charge < -0.3 is 10.0 Å². The highest BCUT2D eigenvalue weighted by Crippen LogP contribution is 2.46. The molecule has 28 heavy (non-hydrogen) atoms. The van der Waals surface area contributed by atoms with Gasteiger partial charge in [0.15, 0.2) is 0 Å². The van der Waals surface area contributed by atoms with Gasteiger partial charge in [0.1, 0.15) is 10.8 Å². The van der Waals surface area contributed by atoms with E-state index in [9.17, 15) is 5.11 Å². The maximum absolute atomic E-state index is 10.8. The second-order valence-corrected chi connectivity index (χ2v) is 9.10. The fraction of sp³-hybridized carbons (Fsp3) is 0.292. The van der Waals surface area contributed by atoms with Crippen molar-refractivity contribution >= 4 is 27.2 Å². The lowest BCUT2D eigenvalue weighted by Crippen LogP contribution is -2.32. The Morgan fingerprint density at radius 2 is 1.57 bits per heavy atom. The number of rotatable bonds is 2. The molecule has 0 aliphatic carbocycles. The molecule has 0 bridgehead atoms. The summed E-state index contributed by atoms with van der Waals surface area (Å²) in [6.07, 6.45) is 0. The summed E-state index contributed by atoms with van der Waals surface area (Å²) in [5.41, 5.74) is 7.92. The molecule has 1 aromatic heterocycles. The number of hydrogen-bond acceptors (Lipinski definition) is 4. The third-order valence-corrected chi connectivity index (χ3v) is 7.46. The monoisotopic (exact) mass is 390 g/mol. The summed E-state index contributed by atoms with van der Waals surface area (Å²) in [6, 6.07) is 14.0. The molecule has 4 heteroatoms. The number of hydrogen-bond donors (Lipinski definition) is 1. The molecule has 0 unspecified atom stereocenters. The van der Waals surface area contributed by atoms with E-state index in [1.165, 1.54) is 22.5 Å². The molecule has 4 rings (SSSR count). The predicted octanol–water partition coefficient (Wildman–Crippen LogP) is 7.10. The molecule has 144 valence electrons. The topological polar surface area (TPSA) is 36.4 Å². The van der Waals surface area contributed by atoms with Crippen molar-refractivity contribution in [2.45, 2.75) is 41.5 Å². The minimum Gasteiger partial charge on any atom is -0.507 e. The first kappa shape index (κ1) is 18.8. The van der Waals surface area contributed by atoms with Crippen LogP contribution in [0.2, 0.25) is 0 Å². The Morgan fingerprint density at radius 1 is 0.929 bits per heavy atom. The van der Waals surface area contributed by atoms with E-state index in [0.29, 0.717) is 0 Å². The van der Waals surface area contributed by atoms with Crippen molar-refractivity contribution in [3.8, 4) is 16.3 Å². The number of aromatic hydroxyl groups is 1. The Balaban J connectivity index is 1.79. The van der Waals surface area contributed by atoms with Gasteiger partial charge in [0.05, 0.1) is 15.8 Å². The average Bonchev–Trinajstić information content (AvgIpc) is 3.09. The van der Waals surface area contributed by atoms with Crippen molar-refractivity contribution in [2.24, 2.45) is 5.41 Å². The van der Waals surface area contributed by atoms with E-state index in [1.807, 2.05) is 30.3 Å². The minimum atomic E-state index is 0.0493. The zero-order valence-corrected chi connectivity index (χ0v) is 18.1. The second-order valence-electron chi connectivity index (χ2n) is 8.07. The molecule has 3 nitrogen and oxygen atoms in total. The molecule has 1 N–H and O–H groups in total. The third kappa shape index (κ3) is 2.75. The van der Waals surface area contributed by atoms with E-state index in [1.54, 1.807) is 11.3 Å². The lowest BCUT2D eigenvalue weighted by Gasteiger charge is -2.42. The Morgan fingerprint density at radius 3 is 2.18 bits per heavy atom. The van der Waals surface area contributed by atoms with Gasteiger partial charge in [0, 0.05) is 28.6 Å². The number of phenols is 1. The van der Waals surface area contributed by atoms with Crippen LogP contribution in [0, 0.1) is 5.41 Å². The van der Waals surface area contributed by atoms with Crippen molar-refractivity contribution in [1.29, 1.82) is 0 Å². The zero-order valence-electron chi connectivity index (χ0n) is 17.3. The molecule has 0 radical (unpaired) electrons. The highest BCUT2D eigenvalue weighted by Gasteiger charge is 2.33. The van der Waals surface area contributed by atoms with Crippen LogP contribution in [0.4, 0.5) is 5.69 Å². The van der Waals surface area contributed by atoms with Crippen molar-refractivity contribution in [2.75, 3.05) is 4.90 Å². The van der Waals surface area contributed by atoms with E-state index in [4.69, 9.17) is 0 Å². The Labute approximate surface area is 170 Å². The minimum absolute atomic E-state index is 0.0493. The number of phenolic OH excluding ortho intramolecular Hbond substituents is 1. The molecule has 0 saturated heterocycles. The van der Waals surface area contributed by atoms with Crippen molar-refractivity contribution in [3.63, 3.8) is 0 Å². The SMILES string of the molecule is CC1=C(C)C(C)(C)C(C)=C(C)N1c1ccc(-c2nc3ccccc3s2)c(O)c1. The number of nitrogens with zero attached hydrogens (tertiary/aromatic N) is 2. The Kier molecular flexibility index (Phi) is 4.35. The zero-order chi connectivity index (χ0) is 20.2. The van der Waals surface area contributed by atoms with Crippen LogP contribution in [0.3, 0.4) is 0 Å². The van der Waals surface area contributed by atoms with Crippen LogP contribution in [-0.4, -0.2) is 10.1 Å². The first-order chi connectivity index (χ1) is 13.2. The predicted molar refractivity (Wildman–Crippen MR) is 120 cm³/mol. The van der Waals surface area contributed by atoms with Gasteiger partial charge >= 0.3 is 0 Å². The summed E-state index contributed by atoms with van der Waals surface area (Å²) >= 11 is 1.60. The maximum Gasteiger partial charge on any atom is 0.128 e. The summed E-state index contributed by atoms with van der Waals surface area (Å²) in [6.45, 7) is 13.3. The fourth-order valence-electron chi connectivity index (χ4n) is 3.99. The lowest BCUT2D eigenvalue weighted by atomic mass is 9.74. The summed E-state index contributed by atoms with van der Waals surface area (Å²) in [7, 11) is 0. The van der Waals surface area contributed by atoms with E-state index in [-0.39, 0.29) is 11.2 Å². The van der Waals surface area contributed by atoms with Crippen molar-refractivity contribution in [3.05, 3.63) is 65.0 Å². The molecule has 2 heterocycles. The number of fused-ring (bicyclic) bond motifs is 1. The fourth-order valence-corrected chi connectivity index (χ4v) is 4.99. The van der Waals surface area contributed by atoms with Crippen LogP contribution in [0.1, 0.15) is 41.5 Å². The van der Waals surface area contributed by atoms with Gasteiger partial charge in [-0.1, -0.05) is 26.0 Å². The van der Waals surface area contributed by atoms with Gasteiger partial charge in [0.2, 0.25) is 0 Å². The summed E-state index contributed by atoms with van der Waals surface area (Å²) in [5.74, 6) is 0.261.